The van der Waals surface area contributed by atoms with Gasteiger partial charge >= 0.3 is 0 Å². The van der Waals surface area contributed by atoms with Crippen LogP contribution < -0.4 is 14.8 Å². The van der Waals surface area contributed by atoms with Gasteiger partial charge in [-0.05, 0) is 31.0 Å². The van der Waals surface area contributed by atoms with E-state index < -0.39 is 0 Å². The first-order valence-electron chi connectivity index (χ1n) is 7.05. The highest BCUT2D eigenvalue weighted by molar-refractivity contribution is 5.47. The van der Waals surface area contributed by atoms with Crippen molar-refractivity contribution in [2.45, 2.75) is 26.9 Å². The Morgan fingerprint density at radius 3 is 2.86 bits per heavy atom. The molecule has 2 aromatic rings. The number of benzene rings is 1. The number of nitrogens with zero attached hydrogens (tertiary/aromatic N) is 2. The maximum atomic E-state index is 5.80. The molecule has 0 saturated carbocycles. The molecule has 2 rings (SSSR count). The fraction of sp³-hybridized carbons (Fsp3) is 0.375. The lowest BCUT2D eigenvalue weighted by Crippen LogP contribution is -2.07. The van der Waals surface area contributed by atoms with Crippen LogP contribution in [0.5, 0.6) is 11.6 Å². The van der Waals surface area contributed by atoms with E-state index in [1.165, 1.54) is 6.33 Å². The number of nitrogens with one attached hydrogen (secondary N) is 1. The molecule has 0 saturated heterocycles. The van der Waals surface area contributed by atoms with Crippen LogP contribution in [0, 0.1) is 6.92 Å². The minimum Gasteiger partial charge on any atom is -0.497 e. The lowest BCUT2D eigenvalue weighted by atomic mass is 10.2. The molecule has 0 unspecified atom stereocenters. The van der Waals surface area contributed by atoms with E-state index in [-0.39, 0.29) is 0 Å². The van der Waals surface area contributed by atoms with Crippen molar-refractivity contribution >= 4 is 5.82 Å². The lowest BCUT2D eigenvalue weighted by Gasteiger charge is -2.12. The maximum absolute atomic E-state index is 5.80. The summed E-state index contributed by atoms with van der Waals surface area (Å²) >= 11 is 0. The zero-order valence-corrected chi connectivity index (χ0v) is 12.7. The molecular weight excluding hydrogens is 266 g/mol. The molecule has 0 amide bonds. The summed E-state index contributed by atoms with van der Waals surface area (Å²) in [5.74, 6) is 2.25. The number of ether oxygens (including phenoxy) is 2. The largest absolute Gasteiger partial charge is 0.497 e. The molecule has 0 spiro atoms. The average molecular weight is 287 g/mol. The van der Waals surface area contributed by atoms with Gasteiger partial charge in [0.2, 0.25) is 5.88 Å². The zero-order valence-electron chi connectivity index (χ0n) is 12.7. The minimum atomic E-state index is 0.447. The third kappa shape index (κ3) is 4.08. The van der Waals surface area contributed by atoms with Crippen LogP contribution in [0.3, 0.4) is 0 Å². The van der Waals surface area contributed by atoms with Crippen LogP contribution in [0.15, 0.2) is 30.6 Å². The van der Waals surface area contributed by atoms with Crippen LogP contribution in [0.4, 0.5) is 5.82 Å². The van der Waals surface area contributed by atoms with Crippen molar-refractivity contribution in [1.29, 1.82) is 0 Å². The molecule has 5 heteroatoms. The summed E-state index contributed by atoms with van der Waals surface area (Å²) in [5, 5.41) is 3.27. The maximum Gasteiger partial charge on any atom is 0.221 e. The van der Waals surface area contributed by atoms with E-state index in [2.05, 4.69) is 22.2 Å². The van der Waals surface area contributed by atoms with E-state index in [9.17, 15) is 0 Å². The molecule has 21 heavy (non-hydrogen) atoms. The topological polar surface area (TPSA) is 56.3 Å². The molecule has 0 fully saturated rings. The van der Waals surface area contributed by atoms with Crippen LogP contribution in [-0.4, -0.2) is 23.6 Å². The Kier molecular flexibility index (Phi) is 5.37. The van der Waals surface area contributed by atoms with Crippen molar-refractivity contribution in [3.63, 3.8) is 0 Å². The molecule has 1 aromatic carbocycles. The van der Waals surface area contributed by atoms with Crippen molar-refractivity contribution in [3.8, 4) is 11.6 Å². The van der Waals surface area contributed by atoms with E-state index in [1.807, 2.05) is 31.2 Å². The van der Waals surface area contributed by atoms with Gasteiger partial charge in [-0.2, -0.15) is 0 Å². The number of hydrogen-bond acceptors (Lipinski definition) is 5. The molecule has 1 heterocycles. The number of anilines is 1. The number of methoxy groups -OCH3 is 1. The van der Waals surface area contributed by atoms with E-state index in [0.29, 0.717) is 12.5 Å². The Labute approximate surface area is 125 Å². The predicted octanol–water partition coefficient (Wildman–Crippen LogP) is 3.19. The molecule has 1 N–H and O–H groups in total. The van der Waals surface area contributed by atoms with Gasteiger partial charge in [0.15, 0.2) is 0 Å². The Bertz CT molecular complexity index is 587. The smallest absolute Gasteiger partial charge is 0.221 e. The van der Waals surface area contributed by atoms with E-state index in [0.717, 1.165) is 35.7 Å². The summed E-state index contributed by atoms with van der Waals surface area (Å²) < 4.78 is 11.0. The van der Waals surface area contributed by atoms with Gasteiger partial charge < -0.3 is 14.8 Å². The van der Waals surface area contributed by atoms with Crippen molar-refractivity contribution in [2.75, 3.05) is 19.0 Å². The quantitative estimate of drug-likeness (QED) is 0.847. The Balaban J connectivity index is 2.05. The lowest BCUT2D eigenvalue weighted by molar-refractivity contribution is 0.290. The SMILES string of the molecule is CCCNc1ncnc(OCc2cccc(OC)c2)c1C. The summed E-state index contributed by atoms with van der Waals surface area (Å²) in [6.45, 7) is 5.40. The summed E-state index contributed by atoms with van der Waals surface area (Å²) in [6, 6.07) is 7.80. The predicted molar refractivity (Wildman–Crippen MR) is 82.9 cm³/mol. The molecule has 0 aliphatic rings. The van der Waals surface area contributed by atoms with Crippen molar-refractivity contribution in [1.82, 2.24) is 9.97 Å². The van der Waals surface area contributed by atoms with Crippen LogP contribution in [0.2, 0.25) is 0 Å². The Hall–Kier alpha value is -2.30. The van der Waals surface area contributed by atoms with Crippen molar-refractivity contribution in [2.24, 2.45) is 0 Å². The van der Waals surface area contributed by atoms with Gasteiger partial charge in [-0.3, -0.25) is 0 Å². The molecule has 0 atom stereocenters. The molecular formula is C16H21N3O2. The number of rotatable bonds is 7. The first-order valence-corrected chi connectivity index (χ1v) is 7.05. The average Bonchev–Trinajstić information content (AvgIpc) is 2.53. The molecule has 0 aliphatic heterocycles. The van der Waals surface area contributed by atoms with E-state index in [4.69, 9.17) is 9.47 Å². The first-order chi connectivity index (χ1) is 10.2. The van der Waals surface area contributed by atoms with E-state index in [1.54, 1.807) is 7.11 Å². The Morgan fingerprint density at radius 2 is 2.10 bits per heavy atom. The van der Waals surface area contributed by atoms with Gasteiger partial charge in [0, 0.05) is 6.54 Å². The normalized spacial score (nSPS) is 10.2. The third-order valence-corrected chi connectivity index (χ3v) is 3.09. The number of hydrogen-bond donors (Lipinski definition) is 1. The van der Waals surface area contributed by atoms with Gasteiger partial charge in [0.25, 0.3) is 0 Å². The van der Waals surface area contributed by atoms with Crippen LogP contribution in [-0.2, 0) is 6.61 Å². The molecule has 0 bridgehead atoms. The second kappa shape index (κ2) is 7.47. The summed E-state index contributed by atoms with van der Waals surface area (Å²) in [7, 11) is 1.65. The van der Waals surface area contributed by atoms with Crippen LogP contribution >= 0.6 is 0 Å². The summed E-state index contributed by atoms with van der Waals surface area (Å²) in [4.78, 5) is 8.44. The van der Waals surface area contributed by atoms with Gasteiger partial charge in [-0.1, -0.05) is 19.1 Å². The van der Waals surface area contributed by atoms with Gasteiger partial charge in [0.05, 0.1) is 12.7 Å². The minimum absolute atomic E-state index is 0.447. The second-order valence-electron chi connectivity index (χ2n) is 4.72. The van der Waals surface area contributed by atoms with Gasteiger partial charge in [-0.25, -0.2) is 9.97 Å². The molecule has 5 nitrogen and oxygen atoms in total. The molecule has 1 aromatic heterocycles. The monoisotopic (exact) mass is 287 g/mol. The second-order valence-corrected chi connectivity index (χ2v) is 4.72. The third-order valence-electron chi connectivity index (χ3n) is 3.09. The molecule has 0 aliphatic carbocycles. The fourth-order valence-corrected chi connectivity index (χ4v) is 1.92. The molecule has 112 valence electrons. The van der Waals surface area contributed by atoms with E-state index >= 15 is 0 Å². The number of aromatic nitrogens is 2. The highest BCUT2D eigenvalue weighted by atomic mass is 16.5. The first kappa shape index (κ1) is 15.1. The van der Waals surface area contributed by atoms with Crippen LogP contribution in [0.25, 0.3) is 0 Å². The van der Waals surface area contributed by atoms with Gasteiger partial charge in [-0.15, -0.1) is 0 Å². The summed E-state index contributed by atoms with van der Waals surface area (Å²) in [6.07, 6.45) is 2.56. The zero-order chi connectivity index (χ0) is 15.1. The summed E-state index contributed by atoms with van der Waals surface area (Å²) in [5.41, 5.74) is 1.96. The van der Waals surface area contributed by atoms with Crippen molar-refractivity contribution < 1.29 is 9.47 Å². The van der Waals surface area contributed by atoms with Gasteiger partial charge in [0.1, 0.15) is 24.5 Å². The fourth-order valence-electron chi connectivity index (χ4n) is 1.92. The van der Waals surface area contributed by atoms with Crippen molar-refractivity contribution in [3.05, 3.63) is 41.7 Å². The highest BCUT2D eigenvalue weighted by Crippen LogP contribution is 2.22. The highest BCUT2D eigenvalue weighted by Gasteiger charge is 2.08. The Morgan fingerprint density at radius 1 is 1.24 bits per heavy atom. The standard InChI is InChI=1S/C16H21N3O2/c1-4-8-17-15-12(2)16(19-11-18-15)21-10-13-6-5-7-14(9-13)20-3/h5-7,9,11H,4,8,10H2,1-3H3,(H,17,18,19). The molecule has 0 radical (unpaired) electrons. The van der Waals surface area contributed by atoms with Crippen LogP contribution in [0.1, 0.15) is 24.5 Å².